The topological polar surface area (TPSA) is 30.2 Å². The van der Waals surface area contributed by atoms with Gasteiger partial charge in [-0.3, -0.25) is 4.79 Å². The molecule has 0 saturated carbocycles. The van der Waals surface area contributed by atoms with Gasteiger partial charge in [0.25, 0.3) is 0 Å². The molecule has 2 nitrogen and oxygen atoms in total. The van der Waals surface area contributed by atoms with Gasteiger partial charge in [-0.25, -0.2) is 0 Å². The summed E-state index contributed by atoms with van der Waals surface area (Å²) in [5, 5.41) is 0. The molecule has 28 heavy (non-hydrogen) atoms. The molecular formula is C26H18O2. The Morgan fingerprint density at radius 2 is 1.32 bits per heavy atom. The average molecular weight is 362 g/mol. The van der Waals surface area contributed by atoms with Crippen LogP contribution in [0.25, 0.3) is 11.3 Å². The number of benzene rings is 3. The van der Waals surface area contributed by atoms with Gasteiger partial charge in [-0.2, -0.15) is 0 Å². The molecule has 0 atom stereocenters. The van der Waals surface area contributed by atoms with Crippen molar-refractivity contribution in [3.05, 3.63) is 119 Å². The van der Waals surface area contributed by atoms with Crippen LogP contribution >= 0.6 is 0 Å². The Bertz CT molecular complexity index is 1160. The molecule has 0 saturated heterocycles. The first-order valence-corrected chi connectivity index (χ1v) is 9.09. The maximum atomic E-state index is 13.4. The van der Waals surface area contributed by atoms with E-state index < -0.39 is 0 Å². The van der Waals surface area contributed by atoms with Gasteiger partial charge < -0.3 is 4.42 Å². The van der Waals surface area contributed by atoms with Gasteiger partial charge in [-0.15, -0.1) is 0 Å². The number of carbonyl (C=O) groups is 1. The van der Waals surface area contributed by atoms with Crippen molar-refractivity contribution < 1.29 is 9.21 Å². The molecule has 3 aromatic carbocycles. The number of aryl methyl sites for hydroxylation is 1. The van der Waals surface area contributed by atoms with Gasteiger partial charge in [0.1, 0.15) is 11.5 Å². The zero-order chi connectivity index (χ0) is 19.3. The Morgan fingerprint density at radius 1 is 0.750 bits per heavy atom. The SMILES string of the molecule is Cc1oc(-c2ccccc2)c(C(=O)c2ccccc2)c1C#Cc1ccccc1. The third-order valence-corrected chi connectivity index (χ3v) is 4.49. The van der Waals surface area contributed by atoms with Crippen LogP contribution in [0.15, 0.2) is 95.4 Å². The van der Waals surface area contributed by atoms with Crippen molar-refractivity contribution in [3.8, 4) is 23.2 Å². The van der Waals surface area contributed by atoms with Gasteiger partial charge in [-0.1, -0.05) is 90.7 Å². The molecule has 1 heterocycles. The lowest BCUT2D eigenvalue weighted by Gasteiger charge is -2.03. The third-order valence-electron chi connectivity index (χ3n) is 4.49. The van der Waals surface area contributed by atoms with Crippen molar-refractivity contribution in [1.82, 2.24) is 0 Å². The Labute approximate surface area is 164 Å². The summed E-state index contributed by atoms with van der Waals surface area (Å²) in [6.07, 6.45) is 0. The van der Waals surface area contributed by atoms with Gasteiger partial charge in [0.15, 0.2) is 5.78 Å². The second-order valence-electron chi connectivity index (χ2n) is 6.41. The van der Waals surface area contributed by atoms with Crippen molar-refractivity contribution in [2.45, 2.75) is 6.92 Å². The van der Waals surface area contributed by atoms with E-state index in [9.17, 15) is 4.79 Å². The smallest absolute Gasteiger partial charge is 0.198 e. The summed E-state index contributed by atoms with van der Waals surface area (Å²) in [6, 6.07) is 28.6. The van der Waals surface area contributed by atoms with E-state index in [-0.39, 0.29) is 5.78 Å². The molecule has 0 spiro atoms. The van der Waals surface area contributed by atoms with Gasteiger partial charge >= 0.3 is 0 Å². The van der Waals surface area contributed by atoms with E-state index in [1.54, 1.807) is 0 Å². The number of hydrogen-bond acceptors (Lipinski definition) is 2. The van der Waals surface area contributed by atoms with Gasteiger partial charge in [0.2, 0.25) is 0 Å². The minimum Gasteiger partial charge on any atom is -0.459 e. The largest absolute Gasteiger partial charge is 0.459 e. The Balaban J connectivity index is 1.90. The van der Waals surface area contributed by atoms with E-state index in [0.29, 0.717) is 28.2 Å². The van der Waals surface area contributed by atoms with E-state index in [1.165, 1.54) is 0 Å². The van der Waals surface area contributed by atoms with Crippen LogP contribution in [0.4, 0.5) is 0 Å². The first-order valence-electron chi connectivity index (χ1n) is 9.09. The lowest BCUT2D eigenvalue weighted by molar-refractivity contribution is 0.103. The van der Waals surface area contributed by atoms with Gasteiger partial charge in [0, 0.05) is 16.7 Å². The highest BCUT2D eigenvalue weighted by atomic mass is 16.3. The lowest BCUT2D eigenvalue weighted by Crippen LogP contribution is -2.04. The lowest BCUT2D eigenvalue weighted by atomic mass is 9.96. The summed E-state index contributed by atoms with van der Waals surface area (Å²) in [4.78, 5) is 13.4. The second kappa shape index (κ2) is 7.82. The maximum Gasteiger partial charge on any atom is 0.198 e. The normalized spacial score (nSPS) is 10.2. The van der Waals surface area contributed by atoms with Crippen LogP contribution in [-0.4, -0.2) is 5.78 Å². The standard InChI is InChI=1S/C26H18O2/c1-19-23(18-17-20-11-5-2-6-12-20)24(25(27)21-13-7-3-8-14-21)26(28-19)22-15-9-4-10-16-22/h2-16H,1H3. The van der Waals surface area contributed by atoms with Gasteiger partial charge in [0.05, 0.1) is 11.1 Å². The quantitative estimate of drug-likeness (QED) is 0.336. The fraction of sp³-hybridized carbons (Fsp3) is 0.0385. The van der Waals surface area contributed by atoms with Crippen LogP contribution in [0.2, 0.25) is 0 Å². The van der Waals surface area contributed by atoms with Crippen LogP contribution in [0.1, 0.15) is 32.8 Å². The van der Waals surface area contributed by atoms with Crippen LogP contribution in [-0.2, 0) is 0 Å². The molecule has 0 radical (unpaired) electrons. The number of carbonyl (C=O) groups excluding carboxylic acids is 1. The Kier molecular flexibility index (Phi) is 4.91. The fourth-order valence-corrected chi connectivity index (χ4v) is 3.09. The molecule has 0 aliphatic rings. The molecule has 0 aliphatic carbocycles. The van der Waals surface area contributed by atoms with Crippen molar-refractivity contribution in [3.63, 3.8) is 0 Å². The summed E-state index contributed by atoms with van der Waals surface area (Å²) in [5.41, 5.74) is 3.51. The minimum atomic E-state index is -0.0892. The molecule has 134 valence electrons. The number of ketones is 1. The monoisotopic (exact) mass is 362 g/mol. The predicted octanol–water partition coefficient (Wildman–Crippen LogP) is 5.89. The van der Waals surface area contributed by atoms with E-state index in [1.807, 2.05) is 97.9 Å². The molecule has 0 aliphatic heterocycles. The molecule has 4 aromatic rings. The Hall–Kier alpha value is -3.83. The van der Waals surface area contributed by atoms with Crippen LogP contribution in [0.3, 0.4) is 0 Å². The van der Waals surface area contributed by atoms with Crippen LogP contribution in [0.5, 0.6) is 0 Å². The summed E-state index contributed by atoms with van der Waals surface area (Å²) in [5.74, 6) is 7.44. The predicted molar refractivity (Wildman–Crippen MR) is 111 cm³/mol. The highest BCUT2D eigenvalue weighted by molar-refractivity contribution is 6.14. The fourth-order valence-electron chi connectivity index (χ4n) is 3.09. The molecule has 0 fully saturated rings. The molecule has 2 heteroatoms. The van der Waals surface area contributed by atoms with E-state index in [0.717, 1.165) is 11.1 Å². The first kappa shape index (κ1) is 17.6. The highest BCUT2D eigenvalue weighted by Gasteiger charge is 2.25. The molecule has 0 bridgehead atoms. The molecule has 1 aromatic heterocycles. The zero-order valence-electron chi connectivity index (χ0n) is 15.5. The molecular weight excluding hydrogens is 344 g/mol. The van der Waals surface area contributed by atoms with E-state index in [2.05, 4.69) is 11.8 Å². The maximum absolute atomic E-state index is 13.4. The molecule has 4 rings (SSSR count). The zero-order valence-corrected chi connectivity index (χ0v) is 15.5. The van der Waals surface area contributed by atoms with E-state index >= 15 is 0 Å². The molecule has 0 amide bonds. The van der Waals surface area contributed by atoms with Gasteiger partial charge in [-0.05, 0) is 19.1 Å². The summed E-state index contributed by atoms with van der Waals surface area (Å²) < 4.78 is 6.04. The van der Waals surface area contributed by atoms with Crippen molar-refractivity contribution in [2.75, 3.05) is 0 Å². The van der Waals surface area contributed by atoms with E-state index in [4.69, 9.17) is 4.42 Å². The highest BCUT2D eigenvalue weighted by Crippen LogP contribution is 2.32. The summed E-state index contributed by atoms with van der Waals surface area (Å²) in [6.45, 7) is 1.85. The minimum absolute atomic E-state index is 0.0892. The van der Waals surface area contributed by atoms with Crippen molar-refractivity contribution in [2.24, 2.45) is 0 Å². The van der Waals surface area contributed by atoms with Crippen LogP contribution in [0, 0.1) is 18.8 Å². The second-order valence-corrected chi connectivity index (χ2v) is 6.41. The number of hydrogen-bond donors (Lipinski definition) is 0. The summed E-state index contributed by atoms with van der Waals surface area (Å²) in [7, 11) is 0. The molecule has 0 N–H and O–H groups in total. The molecule has 0 unspecified atom stereocenters. The Morgan fingerprint density at radius 3 is 1.96 bits per heavy atom. The van der Waals surface area contributed by atoms with Crippen molar-refractivity contribution in [1.29, 1.82) is 0 Å². The number of rotatable bonds is 3. The number of furan rings is 1. The van der Waals surface area contributed by atoms with Crippen LogP contribution < -0.4 is 0 Å². The van der Waals surface area contributed by atoms with Crippen molar-refractivity contribution >= 4 is 5.78 Å². The average Bonchev–Trinajstić information content (AvgIpc) is 3.10. The first-order chi connectivity index (χ1) is 13.7. The third kappa shape index (κ3) is 3.51. The summed E-state index contributed by atoms with van der Waals surface area (Å²) >= 11 is 0.